The van der Waals surface area contributed by atoms with Gasteiger partial charge in [-0.25, -0.2) is 0 Å². The largest absolute Gasteiger partial charge is 0.418 e. The van der Waals surface area contributed by atoms with Gasteiger partial charge in [-0.15, -0.1) is 0 Å². The van der Waals surface area contributed by atoms with E-state index in [1.165, 1.54) is 12.1 Å². The number of carbonyl (C=O) groups is 1. The van der Waals surface area contributed by atoms with Crippen LogP contribution in [0.15, 0.2) is 45.3 Å². The van der Waals surface area contributed by atoms with Crippen LogP contribution in [0.4, 0.5) is 18.9 Å². The third kappa shape index (κ3) is 3.70. The molecule has 22 heavy (non-hydrogen) atoms. The lowest BCUT2D eigenvalue weighted by atomic mass is 10.1. The van der Waals surface area contributed by atoms with Gasteiger partial charge in [0.1, 0.15) is 0 Å². The first kappa shape index (κ1) is 17.0. The summed E-state index contributed by atoms with van der Waals surface area (Å²) < 4.78 is 40.1. The zero-order chi connectivity index (χ0) is 16.5. The zero-order valence-electron chi connectivity index (χ0n) is 11.3. The van der Waals surface area contributed by atoms with Crippen LogP contribution in [0, 0.1) is 6.92 Å². The molecule has 0 unspecified atom stereocenters. The molecule has 2 aromatic carbocycles. The molecule has 0 aliphatic heterocycles. The summed E-state index contributed by atoms with van der Waals surface area (Å²) >= 11 is 6.29. The zero-order valence-corrected chi connectivity index (χ0v) is 14.4. The van der Waals surface area contributed by atoms with Gasteiger partial charge in [0.2, 0.25) is 0 Å². The molecule has 0 radical (unpaired) electrons. The van der Waals surface area contributed by atoms with Gasteiger partial charge in [-0.3, -0.25) is 4.79 Å². The second-order valence-electron chi connectivity index (χ2n) is 4.55. The quantitative estimate of drug-likeness (QED) is 0.634. The molecule has 2 nitrogen and oxygen atoms in total. The molecule has 0 aliphatic carbocycles. The minimum atomic E-state index is -4.56. The fourth-order valence-corrected chi connectivity index (χ4v) is 2.63. The molecule has 2 aromatic rings. The van der Waals surface area contributed by atoms with E-state index in [0.29, 0.717) is 15.6 Å². The van der Waals surface area contributed by atoms with E-state index in [1.807, 2.05) is 0 Å². The normalized spacial score (nSPS) is 11.4. The summed E-state index contributed by atoms with van der Waals surface area (Å²) in [5, 5.41) is 2.33. The van der Waals surface area contributed by atoms with Crippen molar-refractivity contribution in [3.63, 3.8) is 0 Å². The fourth-order valence-electron chi connectivity index (χ4n) is 1.90. The Morgan fingerprint density at radius 1 is 1.14 bits per heavy atom. The summed E-state index contributed by atoms with van der Waals surface area (Å²) in [5.41, 5.74) is -0.209. The highest BCUT2D eigenvalue weighted by Gasteiger charge is 2.34. The number of hydrogen-bond acceptors (Lipinski definition) is 1. The van der Waals surface area contributed by atoms with E-state index in [0.717, 1.165) is 6.07 Å². The minimum absolute atomic E-state index is 0.278. The van der Waals surface area contributed by atoms with Gasteiger partial charge >= 0.3 is 6.18 Å². The average Bonchev–Trinajstić information content (AvgIpc) is 2.42. The van der Waals surface area contributed by atoms with Crippen LogP contribution in [0.2, 0.25) is 0 Å². The summed E-state index contributed by atoms with van der Waals surface area (Å²) in [6, 6.07) is 8.56. The Bertz CT molecular complexity index is 729. The van der Waals surface area contributed by atoms with Crippen molar-refractivity contribution in [2.24, 2.45) is 0 Å². The van der Waals surface area contributed by atoms with E-state index in [4.69, 9.17) is 0 Å². The minimum Gasteiger partial charge on any atom is -0.321 e. The molecule has 1 N–H and O–H groups in total. The lowest BCUT2D eigenvalue weighted by Gasteiger charge is -2.15. The SMILES string of the molecule is Cc1c(Br)cccc1C(=O)Nc1ccc(Br)cc1C(F)(F)F. The number of amides is 1. The van der Waals surface area contributed by atoms with Gasteiger partial charge < -0.3 is 5.32 Å². The lowest BCUT2D eigenvalue weighted by molar-refractivity contribution is -0.136. The van der Waals surface area contributed by atoms with Crippen LogP contribution in [0.25, 0.3) is 0 Å². The Labute approximate surface area is 142 Å². The Morgan fingerprint density at radius 2 is 1.82 bits per heavy atom. The van der Waals surface area contributed by atoms with Crippen molar-refractivity contribution in [2.45, 2.75) is 13.1 Å². The van der Waals surface area contributed by atoms with Crippen LogP contribution in [0.1, 0.15) is 21.5 Å². The van der Waals surface area contributed by atoms with Crippen molar-refractivity contribution in [1.82, 2.24) is 0 Å². The number of rotatable bonds is 2. The lowest BCUT2D eigenvalue weighted by Crippen LogP contribution is -2.17. The summed E-state index contributed by atoms with van der Waals surface area (Å²) in [4.78, 5) is 12.2. The molecular formula is C15H10Br2F3NO. The molecule has 1 amide bonds. The van der Waals surface area contributed by atoms with E-state index in [9.17, 15) is 18.0 Å². The molecule has 7 heteroatoms. The summed E-state index contributed by atoms with van der Waals surface area (Å²) in [6.45, 7) is 1.71. The fraction of sp³-hybridized carbons (Fsp3) is 0.133. The molecule has 0 aliphatic rings. The molecule has 0 spiro atoms. The molecular weight excluding hydrogens is 427 g/mol. The number of carbonyl (C=O) groups excluding carboxylic acids is 1. The van der Waals surface area contributed by atoms with Crippen LogP contribution < -0.4 is 5.32 Å². The van der Waals surface area contributed by atoms with Gasteiger partial charge in [-0.1, -0.05) is 37.9 Å². The summed E-state index contributed by atoms with van der Waals surface area (Å²) in [5.74, 6) is -0.591. The standard InChI is InChI=1S/C15H10Br2F3NO/c1-8-10(3-2-4-12(8)17)14(22)21-13-6-5-9(16)7-11(13)15(18,19)20/h2-7H,1H3,(H,21,22). The van der Waals surface area contributed by atoms with Crippen LogP contribution in [0.3, 0.4) is 0 Å². The van der Waals surface area contributed by atoms with Crippen molar-refractivity contribution in [3.05, 3.63) is 62.0 Å². The average molecular weight is 437 g/mol. The second-order valence-corrected chi connectivity index (χ2v) is 6.32. The third-order valence-electron chi connectivity index (χ3n) is 3.05. The van der Waals surface area contributed by atoms with Crippen LogP contribution in [-0.2, 0) is 6.18 Å². The van der Waals surface area contributed by atoms with Gasteiger partial charge in [-0.05, 0) is 42.8 Å². The molecule has 0 heterocycles. The Balaban J connectivity index is 2.39. The van der Waals surface area contributed by atoms with E-state index >= 15 is 0 Å². The maximum absolute atomic E-state index is 13.0. The first-order valence-corrected chi connectivity index (χ1v) is 7.72. The van der Waals surface area contributed by atoms with E-state index in [2.05, 4.69) is 37.2 Å². The van der Waals surface area contributed by atoms with Crippen molar-refractivity contribution < 1.29 is 18.0 Å². The molecule has 0 saturated heterocycles. The second kappa shape index (κ2) is 6.42. The van der Waals surface area contributed by atoms with Crippen molar-refractivity contribution in [3.8, 4) is 0 Å². The predicted molar refractivity (Wildman–Crippen MR) is 86.0 cm³/mol. The number of benzene rings is 2. The highest BCUT2D eigenvalue weighted by molar-refractivity contribution is 9.10. The molecule has 0 bridgehead atoms. The highest BCUT2D eigenvalue weighted by atomic mass is 79.9. The van der Waals surface area contributed by atoms with E-state index < -0.39 is 17.6 Å². The Kier molecular flexibility index (Phi) is 4.97. The topological polar surface area (TPSA) is 29.1 Å². The number of hydrogen-bond donors (Lipinski definition) is 1. The number of anilines is 1. The van der Waals surface area contributed by atoms with Crippen LogP contribution in [0.5, 0.6) is 0 Å². The van der Waals surface area contributed by atoms with Gasteiger partial charge in [0.15, 0.2) is 0 Å². The first-order valence-electron chi connectivity index (χ1n) is 6.13. The van der Waals surface area contributed by atoms with Gasteiger partial charge in [-0.2, -0.15) is 13.2 Å². The van der Waals surface area contributed by atoms with Gasteiger partial charge in [0.05, 0.1) is 11.3 Å². The monoisotopic (exact) mass is 435 g/mol. The molecule has 0 aromatic heterocycles. The summed E-state index contributed by atoms with van der Waals surface area (Å²) in [7, 11) is 0. The number of alkyl halides is 3. The number of halogens is 5. The molecule has 2 rings (SSSR count). The Morgan fingerprint density at radius 3 is 2.45 bits per heavy atom. The maximum atomic E-state index is 13.0. The highest BCUT2D eigenvalue weighted by Crippen LogP contribution is 2.36. The van der Waals surface area contributed by atoms with Crippen LogP contribution in [-0.4, -0.2) is 5.91 Å². The van der Waals surface area contributed by atoms with Crippen molar-refractivity contribution in [2.75, 3.05) is 5.32 Å². The smallest absolute Gasteiger partial charge is 0.321 e. The molecule has 0 saturated carbocycles. The van der Waals surface area contributed by atoms with E-state index in [1.54, 1.807) is 25.1 Å². The van der Waals surface area contributed by atoms with Crippen LogP contribution >= 0.6 is 31.9 Å². The van der Waals surface area contributed by atoms with Gasteiger partial charge in [0, 0.05) is 14.5 Å². The van der Waals surface area contributed by atoms with E-state index in [-0.39, 0.29) is 10.2 Å². The molecule has 0 atom stereocenters. The first-order chi connectivity index (χ1) is 10.2. The van der Waals surface area contributed by atoms with Crippen molar-refractivity contribution >= 4 is 43.5 Å². The molecule has 0 fully saturated rings. The number of nitrogens with one attached hydrogen (secondary N) is 1. The molecule has 116 valence electrons. The maximum Gasteiger partial charge on any atom is 0.418 e. The van der Waals surface area contributed by atoms with Gasteiger partial charge in [0.25, 0.3) is 5.91 Å². The Hall–Kier alpha value is -1.34. The summed E-state index contributed by atoms with van der Waals surface area (Å²) in [6.07, 6.45) is -4.56. The predicted octanol–water partition coefficient (Wildman–Crippen LogP) is 5.79. The van der Waals surface area contributed by atoms with Crippen molar-refractivity contribution in [1.29, 1.82) is 0 Å². The third-order valence-corrected chi connectivity index (χ3v) is 4.40.